The molecule has 2 aliphatic rings. The van der Waals surface area contributed by atoms with E-state index in [-0.39, 0.29) is 18.7 Å². The molecule has 1 atom stereocenters. The Morgan fingerprint density at radius 2 is 2.00 bits per heavy atom. The molecule has 7 heteroatoms. The van der Waals surface area contributed by atoms with Crippen molar-refractivity contribution in [2.75, 3.05) is 19.9 Å². The van der Waals surface area contributed by atoms with Crippen LogP contribution in [-0.4, -0.2) is 48.4 Å². The summed E-state index contributed by atoms with van der Waals surface area (Å²) >= 11 is 0. The molecule has 0 unspecified atom stereocenters. The molecule has 2 aliphatic heterocycles. The number of hydrogen-bond donors (Lipinski definition) is 1. The van der Waals surface area contributed by atoms with Crippen molar-refractivity contribution in [1.82, 2.24) is 10.2 Å². The van der Waals surface area contributed by atoms with Gasteiger partial charge in [-0.1, -0.05) is 0 Å². The summed E-state index contributed by atoms with van der Waals surface area (Å²) in [5.74, 6) is 1.16. The fourth-order valence-electron chi connectivity index (χ4n) is 2.75. The molecule has 1 aromatic carbocycles. The highest BCUT2D eigenvalue weighted by atomic mass is 16.7. The molecule has 1 aromatic rings. The smallest absolute Gasteiger partial charge is 0.407 e. The summed E-state index contributed by atoms with van der Waals surface area (Å²) in [5, 5.41) is 2.81. The molecule has 0 saturated carbocycles. The van der Waals surface area contributed by atoms with Crippen LogP contribution in [0.2, 0.25) is 0 Å². The topological polar surface area (TPSA) is 77.1 Å². The second-order valence-electron chi connectivity index (χ2n) is 6.95. The first-order valence-corrected chi connectivity index (χ1v) is 8.00. The van der Waals surface area contributed by atoms with Gasteiger partial charge in [0.25, 0.3) is 5.91 Å². The van der Waals surface area contributed by atoms with E-state index in [9.17, 15) is 9.59 Å². The fourth-order valence-corrected chi connectivity index (χ4v) is 2.75. The van der Waals surface area contributed by atoms with Crippen LogP contribution >= 0.6 is 0 Å². The normalized spacial score (nSPS) is 19.3. The van der Waals surface area contributed by atoms with Gasteiger partial charge < -0.3 is 24.4 Å². The van der Waals surface area contributed by atoms with Crippen LogP contribution in [0.1, 0.15) is 37.6 Å². The number of ether oxygens (including phenoxy) is 3. The van der Waals surface area contributed by atoms with Crippen LogP contribution in [0.3, 0.4) is 0 Å². The molecule has 3 rings (SSSR count). The molecule has 130 valence electrons. The molecule has 0 spiro atoms. The molecule has 2 amide bonds. The van der Waals surface area contributed by atoms with Crippen LogP contribution < -0.4 is 14.8 Å². The van der Waals surface area contributed by atoms with Crippen LogP contribution in [0.5, 0.6) is 11.5 Å². The van der Waals surface area contributed by atoms with Crippen molar-refractivity contribution < 1.29 is 23.8 Å². The van der Waals surface area contributed by atoms with Gasteiger partial charge in [-0.15, -0.1) is 0 Å². The first kappa shape index (κ1) is 16.4. The Bertz CT molecular complexity index is 653. The molecule has 1 N–H and O–H groups in total. The Hall–Kier alpha value is -2.44. The van der Waals surface area contributed by atoms with Crippen molar-refractivity contribution in [2.45, 2.75) is 38.8 Å². The van der Waals surface area contributed by atoms with Gasteiger partial charge in [0.2, 0.25) is 6.79 Å². The van der Waals surface area contributed by atoms with E-state index in [1.807, 2.05) is 20.8 Å². The van der Waals surface area contributed by atoms with Gasteiger partial charge in [-0.25, -0.2) is 4.79 Å². The predicted molar refractivity (Wildman–Crippen MR) is 86.2 cm³/mol. The fraction of sp³-hybridized carbons (Fsp3) is 0.529. The van der Waals surface area contributed by atoms with Crippen LogP contribution in [0, 0.1) is 0 Å². The van der Waals surface area contributed by atoms with E-state index in [0.29, 0.717) is 36.6 Å². The highest BCUT2D eigenvalue weighted by molar-refractivity contribution is 5.95. The molecule has 0 radical (unpaired) electrons. The standard InChI is InChI=1S/C17H22N2O5/c1-17(2,3)24-16(21)18-12-6-7-19(9-12)15(20)11-4-5-13-14(8-11)23-10-22-13/h4-5,8,12H,6-7,9-10H2,1-3H3,(H,18,21)/t12-/m1/s1. The minimum Gasteiger partial charge on any atom is -0.454 e. The Labute approximate surface area is 140 Å². The van der Waals surface area contributed by atoms with Crippen LogP contribution in [0.25, 0.3) is 0 Å². The SMILES string of the molecule is CC(C)(C)OC(=O)N[C@@H]1CCN(C(=O)c2ccc3c(c2)OCO3)C1. The summed E-state index contributed by atoms with van der Waals surface area (Å²) in [7, 11) is 0. The monoisotopic (exact) mass is 334 g/mol. The van der Waals surface area contributed by atoms with Crippen molar-refractivity contribution in [1.29, 1.82) is 0 Å². The average molecular weight is 334 g/mol. The van der Waals surface area contributed by atoms with Crippen molar-refractivity contribution in [2.24, 2.45) is 0 Å². The highest BCUT2D eigenvalue weighted by Gasteiger charge is 2.30. The summed E-state index contributed by atoms with van der Waals surface area (Å²) in [6.45, 7) is 6.68. The molecular formula is C17H22N2O5. The third kappa shape index (κ3) is 3.72. The maximum atomic E-state index is 12.6. The quantitative estimate of drug-likeness (QED) is 0.897. The number of fused-ring (bicyclic) bond motifs is 1. The molecule has 7 nitrogen and oxygen atoms in total. The van der Waals surface area contributed by atoms with Crippen LogP contribution in [-0.2, 0) is 4.74 Å². The van der Waals surface area contributed by atoms with Gasteiger partial charge in [-0.05, 0) is 45.4 Å². The zero-order valence-electron chi connectivity index (χ0n) is 14.1. The van der Waals surface area contributed by atoms with E-state index in [1.165, 1.54) is 0 Å². The largest absolute Gasteiger partial charge is 0.454 e. The number of alkyl carbamates (subject to hydrolysis) is 1. The van der Waals surface area contributed by atoms with Gasteiger partial charge in [-0.3, -0.25) is 4.79 Å². The third-order valence-electron chi connectivity index (χ3n) is 3.82. The number of carbonyl (C=O) groups is 2. The second kappa shape index (κ2) is 6.22. The Kier molecular flexibility index (Phi) is 4.26. The van der Waals surface area contributed by atoms with Gasteiger partial charge in [0, 0.05) is 18.7 Å². The summed E-state index contributed by atoms with van der Waals surface area (Å²) in [6, 6.07) is 5.06. The van der Waals surface area contributed by atoms with E-state index < -0.39 is 11.7 Å². The van der Waals surface area contributed by atoms with Gasteiger partial charge >= 0.3 is 6.09 Å². The molecule has 0 aliphatic carbocycles. The van der Waals surface area contributed by atoms with E-state index >= 15 is 0 Å². The number of benzene rings is 1. The number of nitrogens with zero attached hydrogens (tertiary/aromatic N) is 1. The van der Waals surface area contributed by atoms with Gasteiger partial charge in [0.15, 0.2) is 11.5 Å². The first-order valence-electron chi connectivity index (χ1n) is 8.00. The number of rotatable bonds is 2. The third-order valence-corrected chi connectivity index (χ3v) is 3.82. The molecule has 1 fully saturated rings. The molecule has 0 aromatic heterocycles. The predicted octanol–water partition coefficient (Wildman–Crippen LogP) is 2.15. The lowest BCUT2D eigenvalue weighted by Gasteiger charge is -2.22. The van der Waals surface area contributed by atoms with Crippen LogP contribution in [0.15, 0.2) is 18.2 Å². The van der Waals surface area contributed by atoms with Gasteiger partial charge in [0.1, 0.15) is 5.60 Å². The van der Waals surface area contributed by atoms with Gasteiger partial charge in [0.05, 0.1) is 6.04 Å². The number of amides is 2. The Morgan fingerprint density at radius 1 is 1.25 bits per heavy atom. The lowest BCUT2D eigenvalue weighted by atomic mass is 10.2. The van der Waals surface area contributed by atoms with E-state index in [2.05, 4.69) is 5.32 Å². The molecule has 1 saturated heterocycles. The Morgan fingerprint density at radius 3 is 2.75 bits per heavy atom. The van der Waals surface area contributed by atoms with E-state index in [4.69, 9.17) is 14.2 Å². The molecule has 24 heavy (non-hydrogen) atoms. The van der Waals surface area contributed by atoms with Crippen molar-refractivity contribution in [3.63, 3.8) is 0 Å². The van der Waals surface area contributed by atoms with Crippen molar-refractivity contribution in [3.8, 4) is 11.5 Å². The minimum atomic E-state index is -0.537. The zero-order chi connectivity index (χ0) is 17.3. The Balaban J connectivity index is 1.57. The maximum absolute atomic E-state index is 12.6. The minimum absolute atomic E-state index is 0.0817. The molecule has 0 bridgehead atoms. The summed E-state index contributed by atoms with van der Waals surface area (Å²) in [5.41, 5.74) is 0.0159. The average Bonchev–Trinajstić information content (AvgIpc) is 3.12. The highest BCUT2D eigenvalue weighted by Crippen LogP contribution is 2.33. The molecule has 2 heterocycles. The van der Waals surface area contributed by atoms with E-state index in [0.717, 1.165) is 0 Å². The van der Waals surface area contributed by atoms with E-state index in [1.54, 1.807) is 23.1 Å². The van der Waals surface area contributed by atoms with Crippen molar-refractivity contribution >= 4 is 12.0 Å². The van der Waals surface area contributed by atoms with Gasteiger partial charge in [-0.2, -0.15) is 0 Å². The maximum Gasteiger partial charge on any atom is 0.407 e. The number of likely N-dealkylation sites (tertiary alicyclic amines) is 1. The van der Waals surface area contributed by atoms with Crippen LogP contribution in [0.4, 0.5) is 4.79 Å². The summed E-state index contributed by atoms with van der Waals surface area (Å²) < 4.78 is 15.8. The number of nitrogens with one attached hydrogen (secondary N) is 1. The number of carbonyl (C=O) groups excluding carboxylic acids is 2. The summed E-state index contributed by atoms with van der Waals surface area (Å²) in [6.07, 6.45) is 0.250. The number of hydrogen-bond acceptors (Lipinski definition) is 5. The zero-order valence-corrected chi connectivity index (χ0v) is 14.1. The van der Waals surface area contributed by atoms with Crippen molar-refractivity contribution in [3.05, 3.63) is 23.8 Å². The lowest BCUT2D eigenvalue weighted by Crippen LogP contribution is -2.41. The molecular weight excluding hydrogens is 312 g/mol. The first-order chi connectivity index (χ1) is 11.3. The summed E-state index contributed by atoms with van der Waals surface area (Å²) in [4.78, 5) is 26.1. The second-order valence-corrected chi connectivity index (χ2v) is 6.95. The lowest BCUT2D eigenvalue weighted by molar-refractivity contribution is 0.0502.